The first-order chi connectivity index (χ1) is 6.36. The van der Waals surface area contributed by atoms with Crippen LogP contribution in [0.5, 0.6) is 0 Å². The van der Waals surface area contributed by atoms with Gasteiger partial charge in [0.2, 0.25) is 0 Å². The summed E-state index contributed by atoms with van der Waals surface area (Å²) in [5, 5.41) is 6.57. The van der Waals surface area contributed by atoms with Gasteiger partial charge in [-0.15, -0.1) is 0 Å². The Morgan fingerprint density at radius 2 is 2.15 bits per heavy atom. The molecule has 0 atom stereocenters. The van der Waals surface area contributed by atoms with E-state index in [2.05, 4.69) is 46.2 Å². The van der Waals surface area contributed by atoms with Crippen LogP contribution in [0.25, 0.3) is 10.9 Å². The molecule has 0 aliphatic carbocycles. The number of rotatable bonds is 2. The smallest absolute Gasteiger partial charge is 0.0808 e. The van der Waals surface area contributed by atoms with Crippen molar-refractivity contribution in [3.05, 3.63) is 30.0 Å². The van der Waals surface area contributed by atoms with Crippen LogP contribution in [0.4, 0.5) is 0 Å². The van der Waals surface area contributed by atoms with Crippen LogP contribution < -0.4 is 0 Å². The van der Waals surface area contributed by atoms with E-state index in [0.29, 0.717) is 0 Å². The van der Waals surface area contributed by atoms with E-state index in [1.165, 1.54) is 10.9 Å². The summed E-state index contributed by atoms with van der Waals surface area (Å²) in [6.45, 7) is 3.03. The molecule has 3 heteroatoms. The molecule has 1 heterocycles. The van der Waals surface area contributed by atoms with Gasteiger partial charge in [-0.1, -0.05) is 34.1 Å². The summed E-state index contributed by atoms with van der Waals surface area (Å²) in [7, 11) is 0. The van der Waals surface area contributed by atoms with E-state index in [1.807, 2.05) is 10.7 Å². The van der Waals surface area contributed by atoms with Gasteiger partial charge in [0.05, 0.1) is 11.2 Å². The monoisotopic (exact) mass is 238 g/mol. The lowest BCUT2D eigenvalue weighted by atomic mass is 10.2. The molecular formula is C10H11BrN2. The zero-order chi connectivity index (χ0) is 9.26. The van der Waals surface area contributed by atoms with Crippen molar-refractivity contribution in [2.24, 2.45) is 0 Å². The molecule has 0 spiro atoms. The van der Waals surface area contributed by atoms with Crippen molar-refractivity contribution in [2.45, 2.75) is 18.8 Å². The Morgan fingerprint density at radius 1 is 1.38 bits per heavy atom. The Bertz CT molecular complexity index is 382. The Balaban J connectivity index is 2.74. The molecule has 68 valence electrons. The molecule has 0 aliphatic rings. The van der Waals surface area contributed by atoms with Crippen LogP contribution in [0.1, 0.15) is 12.6 Å². The van der Waals surface area contributed by atoms with Crippen LogP contribution in [-0.4, -0.2) is 9.78 Å². The second kappa shape index (κ2) is 3.50. The third-order valence-electron chi connectivity index (χ3n) is 2.16. The highest BCUT2D eigenvalue weighted by Gasteiger charge is 2.06. The van der Waals surface area contributed by atoms with Crippen LogP contribution in [0.3, 0.4) is 0 Å². The summed E-state index contributed by atoms with van der Waals surface area (Å²) in [5.41, 5.74) is 2.34. The number of aryl methyl sites for hydroxylation is 1. The number of fused-ring (bicyclic) bond motifs is 1. The molecule has 0 bridgehead atoms. The largest absolute Gasteiger partial charge is 0.265 e. The average Bonchev–Trinajstić information content (AvgIpc) is 2.56. The molecule has 0 radical (unpaired) electrons. The van der Waals surface area contributed by atoms with Crippen molar-refractivity contribution in [3.63, 3.8) is 0 Å². The number of benzene rings is 1. The normalized spacial score (nSPS) is 10.9. The Labute approximate surface area is 85.7 Å². The zero-order valence-electron chi connectivity index (χ0n) is 7.50. The van der Waals surface area contributed by atoms with Crippen molar-refractivity contribution in [2.75, 3.05) is 0 Å². The summed E-state index contributed by atoms with van der Waals surface area (Å²) >= 11 is 3.45. The SMILES string of the molecule is CCn1nc(CBr)c2ccccc21. The maximum absolute atomic E-state index is 4.50. The first-order valence-electron chi connectivity index (χ1n) is 4.37. The van der Waals surface area contributed by atoms with Gasteiger partial charge in [-0.2, -0.15) is 5.10 Å². The molecule has 0 saturated heterocycles. The van der Waals surface area contributed by atoms with Gasteiger partial charge in [0.25, 0.3) is 0 Å². The highest BCUT2D eigenvalue weighted by Crippen LogP contribution is 2.19. The van der Waals surface area contributed by atoms with Gasteiger partial charge in [-0.25, -0.2) is 0 Å². The van der Waals surface area contributed by atoms with Crippen molar-refractivity contribution >= 4 is 26.8 Å². The fourth-order valence-corrected chi connectivity index (χ4v) is 1.95. The molecule has 1 aromatic carbocycles. The van der Waals surface area contributed by atoms with Crippen molar-refractivity contribution in [3.8, 4) is 0 Å². The van der Waals surface area contributed by atoms with Crippen molar-refractivity contribution in [1.82, 2.24) is 9.78 Å². The number of nitrogens with zero attached hydrogens (tertiary/aromatic N) is 2. The van der Waals surface area contributed by atoms with E-state index in [-0.39, 0.29) is 0 Å². The van der Waals surface area contributed by atoms with Gasteiger partial charge in [0, 0.05) is 17.3 Å². The minimum absolute atomic E-state index is 0.820. The van der Waals surface area contributed by atoms with E-state index in [9.17, 15) is 0 Å². The Morgan fingerprint density at radius 3 is 2.85 bits per heavy atom. The zero-order valence-corrected chi connectivity index (χ0v) is 9.08. The molecule has 0 N–H and O–H groups in total. The van der Waals surface area contributed by atoms with Gasteiger partial charge in [0.15, 0.2) is 0 Å². The number of alkyl halides is 1. The van der Waals surface area contributed by atoms with Crippen LogP contribution in [0.2, 0.25) is 0 Å². The summed E-state index contributed by atoms with van der Waals surface area (Å²) in [6, 6.07) is 8.33. The maximum Gasteiger partial charge on any atom is 0.0808 e. The van der Waals surface area contributed by atoms with Gasteiger partial charge < -0.3 is 0 Å². The average molecular weight is 239 g/mol. The first kappa shape index (κ1) is 8.75. The highest BCUT2D eigenvalue weighted by molar-refractivity contribution is 9.08. The Hall–Kier alpha value is -0.830. The summed E-state index contributed by atoms with van der Waals surface area (Å²) in [6.07, 6.45) is 0. The number of hydrogen-bond donors (Lipinski definition) is 0. The lowest BCUT2D eigenvalue weighted by Gasteiger charge is -1.95. The molecule has 0 unspecified atom stereocenters. The number of halogens is 1. The molecule has 13 heavy (non-hydrogen) atoms. The lowest BCUT2D eigenvalue weighted by Crippen LogP contribution is -1.95. The molecule has 1 aromatic heterocycles. The molecular weight excluding hydrogens is 228 g/mol. The lowest BCUT2D eigenvalue weighted by molar-refractivity contribution is 0.675. The van der Waals surface area contributed by atoms with Crippen LogP contribution >= 0.6 is 15.9 Å². The van der Waals surface area contributed by atoms with E-state index in [0.717, 1.165) is 17.6 Å². The van der Waals surface area contributed by atoms with Gasteiger partial charge in [0.1, 0.15) is 0 Å². The second-order valence-electron chi connectivity index (χ2n) is 2.91. The molecule has 2 rings (SSSR count). The first-order valence-corrected chi connectivity index (χ1v) is 5.49. The third kappa shape index (κ3) is 1.37. The predicted molar refractivity (Wildman–Crippen MR) is 58.0 cm³/mol. The maximum atomic E-state index is 4.50. The van der Waals surface area contributed by atoms with Gasteiger partial charge >= 0.3 is 0 Å². The molecule has 0 saturated carbocycles. The molecule has 2 nitrogen and oxygen atoms in total. The van der Waals surface area contributed by atoms with Crippen LogP contribution in [-0.2, 0) is 11.9 Å². The summed E-state index contributed by atoms with van der Waals surface area (Å²) < 4.78 is 2.03. The standard InChI is InChI=1S/C10H11BrN2/c1-2-13-10-6-4-3-5-8(10)9(7-11)12-13/h3-6H,2,7H2,1H3. The number of para-hydroxylation sites is 1. The molecule has 0 fully saturated rings. The quantitative estimate of drug-likeness (QED) is 0.736. The highest BCUT2D eigenvalue weighted by atomic mass is 79.9. The van der Waals surface area contributed by atoms with Crippen LogP contribution in [0, 0.1) is 0 Å². The fraction of sp³-hybridized carbons (Fsp3) is 0.300. The fourth-order valence-electron chi connectivity index (χ4n) is 1.54. The Kier molecular flexibility index (Phi) is 2.36. The minimum Gasteiger partial charge on any atom is -0.265 e. The third-order valence-corrected chi connectivity index (χ3v) is 2.69. The summed E-state index contributed by atoms with van der Waals surface area (Å²) in [4.78, 5) is 0. The van der Waals surface area contributed by atoms with Crippen LogP contribution in [0.15, 0.2) is 24.3 Å². The summed E-state index contributed by atoms with van der Waals surface area (Å²) in [5.74, 6) is 0. The van der Waals surface area contributed by atoms with E-state index < -0.39 is 0 Å². The minimum atomic E-state index is 0.820. The van der Waals surface area contributed by atoms with E-state index >= 15 is 0 Å². The van der Waals surface area contributed by atoms with E-state index in [1.54, 1.807) is 0 Å². The van der Waals surface area contributed by atoms with Crippen molar-refractivity contribution in [1.29, 1.82) is 0 Å². The second-order valence-corrected chi connectivity index (χ2v) is 3.47. The molecule has 0 aliphatic heterocycles. The molecule has 0 amide bonds. The van der Waals surface area contributed by atoms with Crippen molar-refractivity contribution < 1.29 is 0 Å². The van der Waals surface area contributed by atoms with E-state index in [4.69, 9.17) is 0 Å². The van der Waals surface area contributed by atoms with Gasteiger partial charge in [-0.3, -0.25) is 4.68 Å². The topological polar surface area (TPSA) is 17.8 Å². The predicted octanol–water partition coefficient (Wildman–Crippen LogP) is 2.95. The molecule has 2 aromatic rings. The number of aromatic nitrogens is 2. The van der Waals surface area contributed by atoms with Gasteiger partial charge in [-0.05, 0) is 13.0 Å². The number of hydrogen-bond acceptors (Lipinski definition) is 1.